The molecular weight excluding hydrogens is 195 g/mol. The molecule has 0 amide bonds. The van der Waals surface area contributed by atoms with E-state index >= 15 is 0 Å². The zero-order chi connectivity index (χ0) is 9.56. The zero-order valence-electron chi connectivity index (χ0n) is 7.14. The molecule has 0 aromatic carbocycles. The summed E-state index contributed by atoms with van der Waals surface area (Å²) in [5.74, 6) is 0. The van der Waals surface area contributed by atoms with Gasteiger partial charge in [0.2, 0.25) is 0 Å². The summed E-state index contributed by atoms with van der Waals surface area (Å²) < 4.78 is 0. The fraction of sp³-hybridized carbons (Fsp3) is 0.375. The van der Waals surface area contributed by atoms with Crippen LogP contribution >= 0.6 is 23.2 Å². The monoisotopic (exact) mass is 206 g/mol. The van der Waals surface area contributed by atoms with E-state index in [0.29, 0.717) is 0 Å². The second kappa shape index (κ2) is 6.09. The van der Waals surface area contributed by atoms with Gasteiger partial charge < -0.3 is 5.73 Å². The first-order chi connectivity index (χ1) is 5.61. The molecule has 0 atom stereocenters. The van der Waals surface area contributed by atoms with Gasteiger partial charge in [0.15, 0.2) is 0 Å². The quantitative estimate of drug-likeness (QED) is 0.664. The van der Waals surface area contributed by atoms with Crippen LogP contribution in [0.1, 0.15) is 11.4 Å². The first-order valence-corrected chi connectivity index (χ1v) is 4.50. The number of pyridine rings is 1. The number of nitrogen functional groups attached to an aromatic ring is 1. The van der Waals surface area contributed by atoms with Gasteiger partial charge in [-0.1, -0.05) is 0 Å². The maximum atomic E-state index is 5.53. The maximum Gasteiger partial charge on any atom is 0.0967 e. The third kappa shape index (κ3) is 4.42. The summed E-state index contributed by atoms with van der Waals surface area (Å²) in [6, 6.07) is 3.78. The Balaban J connectivity index is 0.000000354. The molecule has 2 N–H and O–H groups in total. The number of aromatic nitrogens is 1. The lowest BCUT2D eigenvalue weighted by atomic mass is 10.3. The molecule has 68 valence electrons. The van der Waals surface area contributed by atoms with Crippen molar-refractivity contribution in [3.63, 3.8) is 0 Å². The van der Waals surface area contributed by atoms with Crippen molar-refractivity contribution in [2.75, 3.05) is 11.1 Å². The van der Waals surface area contributed by atoms with E-state index in [4.69, 9.17) is 28.9 Å². The van der Waals surface area contributed by atoms with Crippen molar-refractivity contribution in [1.82, 2.24) is 4.98 Å². The highest BCUT2D eigenvalue weighted by Gasteiger charge is 1.91. The van der Waals surface area contributed by atoms with Gasteiger partial charge >= 0.3 is 0 Å². The van der Waals surface area contributed by atoms with Crippen LogP contribution in [0.3, 0.4) is 0 Å². The minimum Gasteiger partial charge on any atom is -0.397 e. The van der Waals surface area contributed by atoms with Gasteiger partial charge in [-0.2, -0.15) is 0 Å². The third-order valence-corrected chi connectivity index (χ3v) is 1.27. The Labute approximate surface area is 82.7 Å². The van der Waals surface area contributed by atoms with Crippen molar-refractivity contribution >= 4 is 28.9 Å². The Morgan fingerprint density at radius 3 is 2.17 bits per heavy atom. The van der Waals surface area contributed by atoms with E-state index in [1.807, 2.05) is 26.0 Å². The van der Waals surface area contributed by atoms with Gasteiger partial charge in [0.25, 0.3) is 0 Å². The molecule has 2 nitrogen and oxygen atoms in total. The van der Waals surface area contributed by atoms with Crippen molar-refractivity contribution in [2.24, 2.45) is 0 Å². The second-order valence-electron chi connectivity index (χ2n) is 2.23. The SMILES string of the molecule is Cc1ccc(N)c(C)n1.ClCCl. The van der Waals surface area contributed by atoms with E-state index in [0.717, 1.165) is 17.1 Å². The highest BCUT2D eigenvalue weighted by atomic mass is 35.5. The standard InChI is InChI=1S/C7H10N2.CH2Cl2/c1-5-3-4-7(8)6(2)9-5;2-1-3/h3-4H,8H2,1-2H3;1H2. The molecule has 0 aliphatic rings. The number of nitrogens with two attached hydrogens (primary N) is 1. The Hall–Kier alpha value is -0.470. The van der Waals surface area contributed by atoms with Crippen molar-refractivity contribution in [3.8, 4) is 0 Å². The average Bonchev–Trinajstić information content (AvgIpc) is 1.99. The number of hydrogen-bond donors (Lipinski definition) is 1. The Morgan fingerprint density at radius 1 is 1.33 bits per heavy atom. The number of halogens is 2. The average molecular weight is 207 g/mol. The van der Waals surface area contributed by atoms with E-state index in [1.54, 1.807) is 0 Å². The van der Waals surface area contributed by atoms with Gasteiger partial charge in [-0.3, -0.25) is 4.98 Å². The summed E-state index contributed by atoms with van der Waals surface area (Å²) in [6.07, 6.45) is 0. The zero-order valence-corrected chi connectivity index (χ0v) is 8.65. The molecule has 1 rings (SSSR count). The molecule has 1 aromatic heterocycles. The van der Waals surface area contributed by atoms with Crippen molar-refractivity contribution < 1.29 is 0 Å². The molecule has 12 heavy (non-hydrogen) atoms. The molecule has 0 bridgehead atoms. The number of hydrogen-bond acceptors (Lipinski definition) is 2. The molecule has 0 saturated carbocycles. The number of anilines is 1. The lowest BCUT2D eigenvalue weighted by molar-refractivity contribution is 1.13. The van der Waals surface area contributed by atoms with E-state index in [9.17, 15) is 0 Å². The topological polar surface area (TPSA) is 38.9 Å². The highest BCUT2D eigenvalue weighted by Crippen LogP contribution is 2.06. The predicted molar refractivity (Wildman–Crippen MR) is 54.7 cm³/mol. The largest absolute Gasteiger partial charge is 0.397 e. The van der Waals surface area contributed by atoms with Crippen molar-refractivity contribution in [1.29, 1.82) is 0 Å². The van der Waals surface area contributed by atoms with Crippen LogP contribution in [0.2, 0.25) is 0 Å². The van der Waals surface area contributed by atoms with Gasteiger partial charge in [0.1, 0.15) is 0 Å². The normalized spacial score (nSPS) is 8.67. The first-order valence-electron chi connectivity index (χ1n) is 3.43. The number of aryl methyl sites for hydroxylation is 2. The lowest BCUT2D eigenvalue weighted by Crippen LogP contribution is -1.93. The molecular formula is C8H12Cl2N2. The van der Waals surface area contributed by atoms with Crippen LogP contribution in [0.25, 0.3) is 0 Å². The summed E-state index contributed by atoms with van der Waals surface area (Å²) in [5.41, 5.74) is 8.22. The van der Waals surface area contributed by atoms with Crippen LogP contribution in [0.15, 0.2) is 12.1 Å². The number of alkyl halides is 2. The fourth-order valence-corrected chi connectivity index (χ4v) is 0.697. The number of rotatable bonds is 0. The molecule has 1 aromatic rings. The van der Waals surface area contributed by atoms with Gasteiger partial charge in [0, 0.05) is 5.69 Å². The van der Waals surface area contributed by atoms with E-state index in [-0.39, 0.29) is 5.34 Å². The molecule has 1 heterocycles. The summed E-state index contributed by atoms with van der Waals surface area (Å²) in [4.78, 5) is 4.15. The Kier molecular flexibility index (Phi) is 5.85. The molecule has 0 fully saturated rings. The molecule has 0 aliphatic heterocycles. The van der Waals surface area contributed by atoms with E-state index < -0.39 is 0 Å². The van der Waals surface area contributed by atoms with Crippen molar-refractivity contribution in [3.05, 3.63) is 23.5 Å². The Bertz CT molecular complexity index is 238. The minimum atomic E-state index is 0.194. The summed E-state index contributed by atoms with van der Waals surface area (Å²) >= 11 is 9.53. The summed E-state index contributed by atoms with van der Waals surface area (Å²) in [6.45, 7) is 3.86. The van der Waals surface area contributed by atoms with Crippen LogP contribution in [0.4, 0.5) is 5.69 Å². The number of nitrogens with zero attached hydrogens (tertiary/aromatic N) is 1. The minimum absolute atomic E-state index is 0.194. The predicted octanol–water partition coefficient (Wildman–Crippen LogP) is 2.70. The first kappa shape index (κ1) is 11.5. The van der Waals surface area contributed by atoms with E-state index in [2.05, 4.69) is 4.98 Å². The Morgan fingerprint density at radius 2 is 1.83 bits per heavy atom. The van der Waals surface area contributed by atoms with Crippen LogP contribution in [0.5, 0.6) is 0 Å². The van der Waals surface area contributed by atoms with Crippen LogP contribution < -0.4 is 5.73 Å². The van der Waals surface area contributed by atoms with E-state index in [1.165, 1.54) is 0 Å². The van der Waals surface area contributed by atoms with Gasteiger partial charge in [0.05, 0.1) is 16.7 Å². The smallest absolute Gasteiger partial charge is 0.0967 e. The van der Waals surface area contributed by atoms with Gasteiger partial charge in [-0.25, -0.2) is 0 Å². The lowest BCUT2D eigenvalue weighted by Gasteiger charge is -1.97. The van der Waals surface area contributed by atoms with Crippen LogP contribution in [0, 0.1) is 13.8 Å². The maximum absolute atomic E-state index is 5.53. The fourth-order valence-electron chi connectivity index (χ4n) is 0.697. The molecule has 0 aliphatic carbocycles. The highest BCUT2D eigenvalue weighted by molar-refractivity contribution is 6.40. The third-order valence-electron chi connectivity index (χ3n) is 1.27. The van der Waals surface area contributed by atoms with Gasteiger partial charge in [-0.05, 0) is 26.0 Å². The van der Waals surface area contributed by atoms with Crippen LogP contribution in [-0.4, -0.2) is 10.3 Å². The van der Waals surface area contributed by atoms with Crippen molar-refractivity contribution in [2.45, 2.75) is 13.8 Å². The molecule has 0 spiro atoms. The molecule has 4 heteroatoms. The molecule has 0 radical (unpaired) electrons. The molecule has 0 unspecified atom stereocenters. The summed E-state index contributed by atoms with van der Waals surface area (Å²) in [5, 5.41) is 0.194. The molecule has 0 saturated heterocycles. The van der Waals surface area contributed by atoms with Crippen LogP contribution in [-0.2, 0) is 0 Å². The summed E-state index contributed by atoms with van der Waals surface area (Å²) in [7, 11) is 0. The van der Waals surface area contributed by atoms with Gasteiger partial charge in [-0.15, -0.1) is 23.2 Å². The second-order valence-corrected chi connectivity index (χ2v) is 3.04.